The second kappa shape index (κ2) is 22.8. The number of hydrogen-bond acceptors (Lipinski definition) is 16. The van der Waals surface area contributed by atoms with E-state index in [1.165, 1.54) is 12.1 Å². The standard InChI is InChI=1S/C30H34F2N8O2.C28H32F2N8O/c1-18(2)40-19(3)35-28-23(31)11-22(12-25(28)40)27-24(32)14-34-29(37-27)36-26-6-5-21(13-33-26)15-38-9-10-42-30(16-38)7-8-39(17-30)20(4)41;1-17(2)38-18(3)34-26-21(29)10-20(11-23(26)38)25-22(30)13-33-27(36-25)35-24-5-4-19(12-32-24)14-37-8-9-39-28(16-37)6-7-31-15-28/h5-6,11-14,18H,7-10,15-17H2,1-4H3,(H,33,34,36,37);4-5,10-13,17,31H,6-9,14-16H2,1-3H3,(H,32,33,35,36)/t30-;28-/m01/s1. The van der Waals surface area contributed by atoms with Gasteiger partial charge >= 0.3 is 0 Å². The number of morpholine rings is 2. The normalized spacial score (nSPS) is 19.6. The Morgan fingerprint density at radius 2 is 1.11 bits per heavy atom. The van der Waals surface area contributed by atoms with Crippen LogP contribution in [0.15, 0.2) is 73.3 Å². The number of carbonyl (C=O) groups excluding carboxylic acids is 1. The lowest BCUT2D eigenvalue weighted by Crippen LogP contribution is -2.53. The molecule has 4 aliphatic heterocycles. The molecule has 81 heavy (non-hydrogen) atoms. The van der Waals surface area contributed by atoms with Crippen LogP contribution in [0.4, 0.5) is 41.1 Å². The number of halogens is 4. The van der Waals surface area contributed by atoms with E-state index in [0.29, 0.717) is 65.1 Å². The van der Waals surface area contributed by atoms with Crippen LogP contribution < -0.4 is 16.0 Å². The lowest BCUT2D eigenvalue weighted by molar-refractivity contribution is -0.132. The predicted octanol–water partition coefficient (Wildman–Crippen LogP) is 8.99. The van der Waals surface area contributed by atoms with Crippen molar-refractivity contribution in [1.82, 2.24) is 69.0 Å². The van der Waals surface area contributed by atoms with Crippen molar-refractivity contribution < 1.29 is 31.8 Å². The number of nitrogens with one attached hydrogen (secondary N) is 3. The summed E-state index contributed by atoms with van der Waals surface area (Å²) in [7, 11) is 0. The quantitative estimate of drug-likeness (QED) is 0.0981. The number of imidazole rings is 2. The van der Waals surface area contributed by atoms with Gasteiger partial charge in [-0.3, -0.25) is 14.6 Å². The number of anilines is 4. The van der Waals surface area contributed by atoms with E-state index in [1.807, 2.05) is 86.0 Å². The van der Waals surface area contributed by atoms with Crippen LogP contribution in [-0.4, -0.2) is 146 Å². The van der Waals surface area contributed by atoms with Gasteiger partial charge in [0.25, 0.3) is 0 Å². The van der Waals surface area contributed by atoms with Crippen molar-refractivity contribution in [3.05, 3.63) is 119 Å². The Labute approximate surface area is 466 Å². The number of ether oxygens (including phenoxy) is 2. The molecular formula is C58H66F4N16O3. The average molecular weight is 1110 g/mol. The van der Waals surface area contributed by atoms with Crippen LogP contribution in [0.5, 0.6) is 0 Å². The third-order valence-electron chi connectivity index (χ3n) is 15.5. The molecule has 3 N–H and O–H groups in total. The van der Waals surface area contributed by atoms with Gasteiger partial charge in [-0.25, -0.2) is 57.4 Å². The van der Waals surface area contributed by atoms with Gasteiger partial charge in [-0.1, -0.05) is 12.1 Å². The molecule has 23 heteroatoms. The van der Waals surface area contributed by atoms with Crippen LogP contribution in [0.25, 0.3) is 44.6 Å². The molecule has 8 aromatic rings. The third-order valence-corrected chi connectivity index (χ3v) is 15.5. The van der Waals surface area contributed by atoms with E-state index in [1.54, 1.807) is 25.3 Å². The van der Waals surface area contributed by atoms with E-state index < -0.39 is 23.3 Å². The number of rotatable bonds is 12. The molecular weight excluding hydrogens is 1040 g/mol. The molecule has 4 saturated heterocycles. The highest BCUT2D eigenvalue weighted by atomic mass is 19.1. The third kappa shape index (κ3) is 11.8. The number of likely N-dealkylation sites (tertiary alicyclic amines) is 1. The summed E-state index contributed by atoms with van der Waals surface area (Å²) in [5, 5.41) is 9.48. The van der Waals surface area contributed by atoms with E-state index in [0.717, 1.165) is 95.3 Å². The zero-order valence-electron chi connectivity index (χ0n) is 46.5. The molecule has 10 heterocycles. The summed E-state index contributed by atoms with van der Waals surface area (Å²) in [5.74, 6) is 0.443. The van der Waals surface area contributed by atoms with Crippen molar-refractivity contribution in [3.8, 4) is 22.5 Å². The topological polar surface area (TPSA) is 194 Å². The van der Waals surface area contributed by atoms with Gasteiger partial charge in [0.15, 0.2) is 23.3 Å². The zero-order chi connectivity index (χ0) is 56.7. The maximum atomic E-state index is 15.0. The summed E-state index contributed by atoms with van der Waals surface area (Å²) in [6, 6.07) is 13.7. The van der Waals surface area contributed by atoms with Crippen LogP contribution in [-0.2, 0) is 27.4 Å². The number of pyridine rings is 2. The van der Waals surface area contributed by atoms with Crippen LogP contribution in [0.3, 0.4) is 0 Å². The van der Waals surface area contributed by atoms with Gasteiger partial charge in [0.05, 0.1) is 48.8 Å². The summed E-state index contributed by atoms with van der Waals surface area (Å²) >= 11 is 0. The maximum absolute atomic E-state index is 15.0. The minimum atomic E-state index is -0.660. The van der Waals surface area contributed by atoms with E-state index in [-0.39, 0.29) is 63.5 Å². The first-order chi connectivity index (χ1) is 38.9. The van der Waals surface area contributed by atoms with Gasteiger partial charge in [0.2, 0.25) is 17.8 Å². The van der Waals surface area contributed by atoms with E-state index >= 15 is 4.39 Å². The highest BCUT2D eigenvalue weighted by molar-refractivity contribution is 5.84. The summed E-state index contributed by atoms with van der Waals surface area (Å²) in [6.07, 6.45) is 7.62. The molecule has 0 bridgehead atoms. The fraction of sp³-hybridized carbons (Fsp3) is 0.431. The lowest BCUT2D eigenvalue weighted by Gasteiger charge is -2.40. The highest BCUT2D eigenvalue weighted by Gasteiger charge is 2.44. The minimum absolute atomic E-state index is 0.00160. The van der Waals surface area contributed by atoms with Crippen molar-refractivity contribution in [1.29, 1.82) is 0 Å². The van der Waals surface area contributed by atoms with Crippen LogP contribution in [0.2, 0.25) is 0 Å². The molecule has 2 spiro atoms. The van der Waals surface area contributed by atoms with Crippen LogP contribution in [0.1, 0.15) is 82.3 Å². The first-order valence-corrected chi connectivity index (χ1v) is 27.5. The van der Waals surface area contributed by atoms with Gasteiger partial charge in [-0.15, -0.1) is 0 Å². The monoisotopic (exact) mass is 1110 g/mol. The Kier molecular flexibility index (Phi) is 15.5. The van der Waals surface area contributed by atoms with Crippen molar-refractivity contribution in [2.24, 2.45) is 0 Å². The predicted molar refractivity (Wildman–Crippen MR) is 299 cm³/mol. The molecule has 1 amide bonds. The first-order valence-electron chi connectivity index (χ1n) is 27.5. The number of fused-ring (bicyclic) bond motifs is 2. The van der Waals surface area contributed by atoms with Gasteiger partial charge in [0, 0.05) is 94.9 Å². The molecule has 424 valence electrons. The zero-order valence-corrected chi connectivity index (χ0v) is 46.5. The lowest BCUT2D eigenvalue weighted by atomic mass is 10.0. The second-order valence-electron chi connectivity index (χ2n) is 22.1. The molecule has 0 aliphatic carbocycles. The van der Waals surface area contributed by atoms with E-state index in [2.05, 4.69) is 65.6 Å². The van der Waals surface area contributed by atoms with E-state index in [9.17, 15) is 18.0 Å². The Hall–Kier alpha value is -7.57. The molecule has 0 saturated carbocycles. The van der Waals surface area contributed by atoms with Crippen molar-refractivity contribution in [2.45, 2.75) is 97.7 Å². The summed E-state index contributed by atoms with van der Waals surface area (Å²) < 4.78 is 75.8. The van der Waals surface area contributed by atoms with Gasteiger partial charge in [0.1, 0.15) is 51.3 Å². The number of nitrogens with zero attached hydrogens (tertiary/aromatic N) is 13. The van der Waals surface area contributed by atoms with Gasteiger partial charge in [-0.05, 0) is 108 Å². The van der Waals surface area contributed by atoms with Gasteiger partial charge in [-0.2, -0.15) is 0 Å². The first kappa shape index (κ1) is 55.3. The Morgan fingerprint density at radius 1 is 0.617 bits per heavy atom. The average Bonchev–Trinajstić information content (AvgIpc) is 4.28. The molecule has 2 aromatic carbocycles. The highest BCUT2D eigenvalue weighted by Crippen LogP contribution is 2.34. The number of benzene rings is 2. The maximum Gasteiger partial charge on any atom is 0.229 e. The van der Waals surface area contributed by atoms with Crippen molar-refractivity contribution >= 4 is 51.5 Å². The fourth-order valence-corrected chi connectivity index (χ4v) is 11.8. The van der Waals surface area contributed by atoms with E-state index in [4.69, 9.17) is 9.47 Å². The molecule has 4 fully saturated rings. The molecule has 19 nitrogen and oxygen atoms in total. The summed E-state index contributed by atoms with van der Waals surface area (Å²) in [4.78, 5) is 53.0. The number of hydrogen-bond donors (Lipinski definition) is 3. The Morgan fingerprint density at radius 3 is 1.54 bits per heavy atom. The summed E-state index contributed by atoms with van der Waals surface area (Å²) in [5.41, 5.74) is 4.00. The minimum Gasteiger partial charge on any atom is -0.371 e. The largest absolute Gasteiger partial charge is 0.371 e. The number of aromatic nitrogens is 10. The number of aryl methyl sites for hydroxylation is 2. The molecule has 4 aliphatic rings. The number of carbonyl (C=O) groups is 1. The van der Waals surface area contributed by atoms with Gasteiger partial charge < -0.3 is 39.5 Å². The smallest absolute Gasteiger partial charge is 0.229 e. The molecule has 6 aromatic heterocycles. The Balaban J connectivity index is 0.000000171. The molecule has 0 radical (unpaired) electrons. The summed E-state index contributed by atoms with van der Waals surface area (Å²) in [6.45, 7) is 22.6. The molecule has 12 rings (SSSR count). The van der Waals surface area contributed by atoms with Crippen molar-refractivity contribution in [3.63, 3.8) is 0 Å². The molecule has 2 atom stereocenters. The second-order valence-corrected chi connectivity index (χ2v) is 22.1. The Bertz CT molecular complexity index is 3610. The number of amides is 1. The molecule has 0 unspecified atom stereocenters. The van der Waals surface area contributed by atoms with Crippen LogP contribution in [0, 0.1) is 37.1 Å². The SMILES string of the molecule is CC(=O)N1CC[C@]2(CN(Cc3ccc(Nc4ncc(F)c(-c5cc(F)c6nc(C)n(C(C)C)c6c5)n4)nc3)CCO2)C1.Cc1nc2c(F)cc(-c3nc(Nc4ccc(CN5CCO[C@@]6(CCNC6)C5)cn4)ncc3F)cc2n1C(C)C. The fourth-order valence-electron chi connectivity index (χ4n) is 11.8. The van der Waals surface area contributed by atoms with Crippen molar-refractivity contribution in [2.75, 3.05) is 76.2 Å². The van der Waals surface area contributed by atoms with Crippen LogP contribution >= 0.6 is 0 Å².